The van der Waals surface area contributed by atoms with Crippen molar-refractivity contribution in [3.8, 4) is 5.75 Å². The zero-order valence-corrected chi connectivity index (χ0v) is 26.0. The van der Waals surface area contributed by atoms with Crippen LogP contribution in [0.1, 0.15) is 94.3 Å². The lowest BCUT2D eigenvalue weighted by molar-refractivity contribution is -0.119. The third-order valence-electron chi connectivity index (χ3n) is 7.31. The van der Waals surface area contributed by atoms with Gasteiger partial charge in [-0.15, -0.1) is 0 Å². The van der Waals surface area contributed by atoms with Gasteiger partial charge in [0.2, 0.25) is 15.9 Å². The highest BCUT2D eigenvalue weighted by Gasteiger charge is 2.38. The van der Waals surface area contributed by atoms with E-state index in [9.17, 15) is 23.1 Å². The van der Waals surface area contributed by atoms with Gasteiger partial charge in [0.15, 0.2) is 0 Å². The van der Waals surface area contributed by atoms with E-state index in [4.69, 9.17) is 23.2 Å². The molecule has 1 aliphatic heterocycles. The van der Waals surface area contributed by atoms with Gasteiger partial charge in [-0.3, -0.25) is 9.59 Å². The van der Waals surface area contributed by atoms with Gasteiger partial charge >= 0.3 is 0 Å². The number of phenolic OH excluding ortho intramolecular Hbond substituents is 1. The number of rotatable bonds is 16. The number of carbonyl (C=O) groups is 2. The molecule has 226 valence electrons. The lowest BCUT2D eigenvalue weighted by atomic mass is 10.1. The van der Waals surface area contributed by atoms with E-state index in [1.54, 1.807) is 0 Å². The van der Waals surface area contributed by atoms with E-state index >= 15 is 0 Å². The fourth-order valence-corrected chi connectivity index (χ4v) is 7.09. The van der Waals surface area contributed by atoms with Crippen LogP contribution in [0.4, 0.5) is 11.4 Å². The average Bonchev–Trinajstić information content (AvgIpc) is 3.44. The van der Waals surface area contributed by atoms with Crippen molar-refractivity contribution < 1.29 is 23.1 Å². The van der Waals surface area contributed by atoms with E-state index in [0.717, 1.165) is 19.3 Å². The van der Waals surface area contributed by atoms with Gasteiger partial charge in [0.25, 0.3) is 5.91 Å². The summed E-state index contributed by atoms with van der Waals surface area (Å²) in [6.07, 6.45) is 12.2. The molecule has 11 heteroatoms. The van der Waals surface area contributed by atoms with Gasteiger partial charge < -0.3 is 15.7 Å². The predicted molar refractivity (Wildman–Crippen MR) is 167 cm³/mol. The topological polar surface area (TPSA) is 116 Å². The molecule has 0 aromatic heterocycles. The van der Waals surface area contributed by atoms with Crippen molar-refractivity contribution >= 4 is 56.4 Å². The number of sulfonamides is 1. The van der Waals surface area contributed by atoms with Crippen LogP contribution in [0, 0.1) is 0 Å². The van der Waals surface area contributed by atoms with Crippen LogP contribution in [0.2, 0.25) is 10.0 Å². The predicted octanol–water partition coefficient (Wildman–Crippen LogP) is 7.60. The second-order valence-corrected chi connectivity index (χ2v) is 13.4. The Morgan fingerprint density at radius 1 is 0.902 bits per heavy atom. The summed E-state index contributed by atoms with van der Waals surface area (Å²) in [4.78, 5) is 25.6. The maximum Gasteiger partial charge on any atom is 0.255 e. The number of benzene rings is 2. The van der Waals surface area contributed by atoms with Crippen LogP contribution in [-0.2, 0) is 14.8 Å². The van der Waals surface area contributed by atoms with Gasteiger partial charge in [-0.25, -0.2) is 8.42 Å². The highest BCUT2D eigenvalue weighted by Crippen LogP contribution is 2.30. The summed E-state index contributed by atoms with van der Waals surface area (Å²) in [5.41, 5.74) is 0.691. The van der Waals surface area contributed by atoms with E-state index in [1.807, 2.05) is 0 Å². The molecule has 2 aromatic rings. The van der Waals surface area contributed by atoms with Crippen LogP contribution >= 0.6 is 23.2 Å². The van der Waals surface area contributed by atoms with Gasteiger partial charge in [-0.05, 0) is 49.6 Å². The summed E-state index contributed by atoms with van der Waals surface area (Å²) in [6.45, 7) is 2.53. The lowest BCUT2D eigenvalue weighted by Gasteiger charge is -2.23. The Bertz CT molecular complexity index is 1290. The second kappa shape index (κ2) is 16.3. The van der Waals surface area contributed by atoms with Gasteiger partial charge in [0, 0.05) is 23.9 Å². The van der Waals surface area contributed by atoms with E-state index in [0.29, 0.717) is 36.5 Å². The Morgan fingerprint density at radius 3 is 2.20 bits per heavy atom. The van der Waals surface area contributed by atoms with Crippen molar-refractivity contribution in [3.63, 3.8) is 0 Å². The van der Waals surface area contributed by atoms with E-state index in [-0.39, 0.29) is 27.8 Å². The summed E-state index contributed by atoms with van der Waals surface area (Å²) in [6, 6.07) is 7.92. The van der Waals surface area contributed by atoms with Crippen molar-refractivity contribution in [1.82, 2.24) is 4.31 Å². The van der Waals surface area contributed by atoms with Crippen molar-refractivity contribution in [3.05, 3.63) is 52.0 Å². The molecule has 1 aliphatic rings. The summed E-state index contributed by atoms with van der Waals surface area (Å²) in [7, 11) is -3.56. The number of hydrogen-bond acceptors (Lipinski definition) is 5. The van der Waals surface area contributed by atoms with Crippen molar-refractivity contribution in [2.24, 2.45) is 0 Å². The number of amides is 2. The number of nitrogens with one attached hydrogen (secondary N) is 2. The Morgan fingerprint density at radius 2 is 1.56 bits per heavy atom. The van der Waals surface area contributed by atoms with Gasteiger partial charge in [-0.2, -0.15) is 4.31 Å². The molecule has 1 fully saturated rings. The third-order valence-corrected chi connectivity index (χ3v) is 10.0. The first-order valence-corrected chi connectivity index (χ1v) is 16.9. The lowest BCUT2D eigenvalue weighted by Crippen LogP contribution is -2.44. The monoisotopic (exact) mass is 625 g/mol. The number of carbonyl (C=O) groups excluding carboxylic acids is 2. The van der Waals surface area contributed by atoms with Crippen LogP contribution in [0.3, 0.4) is 0 Å². The van der Waals surface area contributed by atoms with Gasteiger partial charge in [0.1, 0.15) is 11.8 Å². The number of aromatic hydroxyl groups is 1. The van der Waals surface area contributed by atoms with Crippen molar-refractivity contribution in [1.29, 1.82) is 0 Å². The number of nitrogens with zero attached hydrogens (tertiary/aromatic N) is 1. The summed E-state index contributed by atoms with van der Waals surface area (Å²) in [5.74, 6) is -1.15. The van der Waals surface area contributed by atoms with Crippen molar-refractivity contribution in [2.75, 3.05) is 22.9 Å². The van der Waals surface area contributed by atoms with Crippen LogP contribution < -0.4 is 10.6 Å². The van der Waals surface area contributed by atoms with Crippen LogP contribution in [0.25, 0.3) is 0 Å². The highest BCUT2D eigenvalue weighted by molar-refractivity contribution is 7.89. The Labute approximate surface area is 253 Å². The Hall–Kier alpha value is -2.33. The molecule has 41 heavy (non-hydrogen) atoms. The molecule has 0 spiro atoms. The quantitative estimate of drug-likeness (QED) is 0.131. The standard InChI is InChI=1S/C30H41Cl2N3O5S/c1-2-3-4-5-6-7-8-9-10-11-19-41(39,40)35-18-12-13-27(35)30(38)33-23-15-17-26(28(36)21-23)34-29(37)22-14-16-24(31)25(32)20-22/h14-17,20-21,27,36H,2-13,18-19H2,1H3,(H,33,38)(H,34,37). The molecule has 0 radical (unpaired) electrons. The molecule has 3 rings (SSSR count). The molecule has 8 nitrogen and oxygen atoms in total. The molecule has 1 saturated heterocycles. The number of hydrogen-bond donors (Lipinski definition) is 3. The Kier molecular flexibility index (Phi) is 13.2. The zero-order chi connectivity index (χ0) is 29.8. The molecule has 0 saturated carbocycles. The molecular formula is C30H41Cl2N3O5S. The molecule has 1 atom stereocenters. The zero-order valence-electron chi connectivity index (χ0n) is 23.6. The summed E-state index contributed by atoms with van der Waals surface area (Å²) < 4.78 is 27.4. The maximum absolute atomic E-state index is 13.0. The number of unbranched alkanes of at least 4 members (excludes halogenated alkanes) is 9. The first-order chi connectivity index (χ1) is 19.6. The molecule has 2 amide bonds. The largest absolute Gasteiger partial charge is 0.506 e. The smallest absolute Gasteiger partial charge is 0.255 e. The van der Waals surface area contributed by atoms with Crippen molar-refractivity contribution in [2.45, 2.75) is 90.0 Å². The van der Waals surface area contributed by atoms with Gasteiger partial charge in [-0.1, -0.05) is 87.9 Å². The summed E-state index contributed by atoms with van der Waals surface area (Å²) >= 11 is 11.9. The first-order valence-electron chi connectivity index (χ1n) is 14.5. The fraction of sp³-hybridized carbons (Fsp3) is 0.533. The number of halogens is 2. The maximum atomic E-state index is 13.0. The average molecular weight is 627 g/mol. The van der Waals surface area contributed by atoms with E-state index < -0.39 is 27.9 Å². The molecule has 0 bridgehead atoms. The molecular weight excluding hydrogens is 585 g/mol. The number of anilines is 2. The fourth-order valence-electron chi connectivity index (χ4n) is 5.00. The second-order valence-electron chi connectivity index (χ2n) is 10.6. The molecule has 0 aliphatic carbocycles. The minimum atomic E-state index is -3.56. The van der Waals surface area contributed by atoms with Crippen LogP contribution in [-0.4, -0.2) is 48.0 Å². The highest BCUT2D eigenvalue weighted by atomic mass is 35.5. The van der Waals surface area contributed by atoms with E-state index in [1.165, 1.54) is 79.2 Å². The minimum Gasteiger partial charge on any atom is -0.506 e. The summed E-state index contributed by atoms with van der Waals surface area (Å²) in [5, 5.41) is 16.3. The van der Waals surface area contributed by atoms with Crippen LogP contribution in [0.15, 0.2) is 36.4 Å². The first kappa shape index (κ1) is 33.2. The molecule has 1 unspecified atom stereocenters. The van der Waals surface area contributed by atoms with E-state index in [2.05, 4.69) is 17.6 Å². The molecule has 2 aromatic carbocycles. The SMILES string of the molecule is CCCCCCCCCCCCS(=O)(=O)N1CCCC1C(=O)Nc1ccc(NC(=O)c2ccc(Cl)c(Cl)c2)c(O)c1. The Balaban J connectivity index is 1.48. The minimum absolute atomic E-state index is 0.0430. The molecule has 1 heterocycles. The normalized spacial score (nSPS) is 15.6. The molecule has 3 N–H and O–H groups in total. The number of phenols is 1. The van der Waals surface area contributed by atoms with Gasteiger partial charge in [0.05, 0.1) is 21.5 Å². The van der Waals surface area contributed by atoms with Crippen LogP contribution in [0.5, 0.6) is 5.75 Å². The third kappa shape index (κ3) is 10.2.